The van der Waals surface area contributed by atoms with Gasteiger partial charge in [-0.05, 0) is 25.8 Å². The number of rotatable bonds is 5. The maximum atomic E-state index is 11.2. The van der Waals surface area contributed by atoms with Crippen LogP contribution in [-0.2, 0) is 10.0 Å². The van der Waals surface area contributed by atoms with E-state index in [9.17, 15) is 8.42 Å². The molecule has 1 aliphatic heterocycles. The van der Waals surface area contributed by atoms with Crippen LogP contribution >= 0.6 is 12.4 Å². The van der Waals surface area contributed by atoms with Crippen LogP contribution in [0.25, 0.3) is 0 Å². The van der Waals surface area contributed by atoms with Crippen molar-refractivity contribution < 1.29 is 8.42 Å². The van der Waals surface area contributed by atoms with Crippen LogP contribution in [0.3, 0.4) is 0 Å². The lowest BCUT2D eigenvalue weighted by Gasteiger charge is -2.11. The molecule has 0 aromatic rings. The van der Waals surface area contributed by atoms with Gasteiger partial charge in [0.05, 0.1) is 5.75 Å². The molecular formula is C8H19ClN2O2S. The Hall–Kier alpha value is 0.160. The van der Waals surface area contributed by atoms with Crippen molar-refractivity contribution in [1.82, 2.24) is 10.0 Å². The van der Waals surface area contributed by atoms with Gasteiger partial charge in [-0.1, -0.05) is 6.92 Å². The first kappa shape index (κ1) is 14.2. The summed E-state index contributed by atoms with van der Waals surface area (Å²) in [6.45, 7) is 3.43. The molecule has 1 fully saturated rings. The summed E-state index contributed by atoms with van der Waals surface area (Å²) >= 11 is 0. The van der Waals surface area contributed by atoms with E-state index in [4.69, 9.17) is 0 Å². The summed E-state index contributed by atoms with van der Waals surface area (Å²) < 4.78 is 25.1. The van der Waals surface area contributed by atoms with E-state index in [0.29, 0.717) is 19.0 Å². The standard InChI is InChI=1S/C8H18N2O2S.ClH/c1-2-6-13(11,12)10-7-8-4-3-5-9-8;/h8-10H,2-7H2,1H3;1H. The lowest BCUT2D eigenvalue weighted by molar-refractivity contribution is 0.551. The smallest absolute Gasteiger partial charge is 0.211 e. The molecule has 1 heterocycles. The SMILES string of the molecule is CCCS(=O)(=O)NCC1CCCN1.Cl. The number of halogens is 1. The predicted molar refractivity (Wildman–Crippen MR) is 60.4 cm³/mol. The molecular weight excluding hydrogens is 224 g/mol. The first-order valence-electron chi connectivity index (χ1n) is 4.85. The molecule has 0 amide bonds. The van der Waals surface area contributed by atoms with Crippen molar-refractivity contribution in [3.63, 3.8) is 0 Å². The summed E-state index contributed by atoms with van der Waals surface area (Å²) in [5, 5.41) is 3.24. The van der Waals surface area contributed by atoms with E-state index in [1.807, 2.05) is 6.92 Å². The summed E-state index contributed by atoms with van der Waals surface area (Å²) in [4.78, 5) is 0. The molecule has 1 rings (SSSR count). The topological polar surface area (TPSA) is 58.2 Å². The molecule has 0 bridgehead atoms. The van der Waals surface area contributed by atoms with Gasteiger partial charge in [-0.2, -0.15) is 0 Å². The van der Waals surface area contributed by atoms with Gasteiger partial charge in [0.25, 0.3) is 0 Å². The molecule has 6 heteroatoms. The molecule has 0 spiro atoms. The molecule has 1 saturated heterocycles. The number of sulfonamides is 1. The molecule has 14 heavy (non-hydrogen) atoms. The Morgan fingerprint density at radius 2 is 2.21 bits per heavy atom. The van der Waals surface area contributed by atoms with E-state index in [0.717, 1.165) is 19.4 Å². The van der Waals surface area contributed by atoms with E-state index >= 15 is 0 Å². The Balaban J connectivity index is 0.00000169. The fourth-order valence-electron chi connectivity index (χ4n) is 1.50. The maximum absolute atomic E-state index is 11.2. The summed E-state index contributed by atoms with van der Waals surface area (Å²) in [6.07, 6.45) is 2.91. The summed E-state index contributed by atoms with van der Waals surface area (Å²) in [5.74, 6) is 0.236. The van der Waals surface area contributed by atoms with Crippen molar-refractivity contribution in [1.29, 1.82) is 0 Å². The normalized spacial score (nSPS) is 21.9. The zero-order chi connectivity index (χ0) is 9.73. The molecule has 0 radical (unpaired) electrons. The van der Waals surface area contributed by atoms with Crippen molar-refractivity contribution in [2.45, 2.75) is 32.2 Å². The Morgan fingerprint density at radius 3 is 2.71 bits per heavy atom. The van der Waals surface area contributed by atoms with Crippen LogP contribution < -0.4 is 10.0 Å². The van der Waals surface area contributed by atoms with Crippen LogP contribution in [0.15, 0.2) is 0 Å². The predicted octanol–water partition coefficient (Wildman–Crippen LogP) is 0.490. The van der Waals surface area contributed by atoms with Gasteiger partial charge >= 0.3 is 0 Å². The van der Waals surface area contributed by atoms with E-state index in [2.05, 4.69) is 10.0 Å². The second kappa shape index (κ2) is 6.61. The number of hydrogen-bond acceptors (Lipinski definition) is 3. The molecule has 1 unspecified atom stereocenters. The van der Waals surface area contributed by atoms with Crippen molar-refractivity contribution >= 4 is 22.4 Å². The van der Waals surface area contributed by atoms with Gasteiger partial charge in [-0.3, -0.25) is 0 Å². The average molecular weight is 243 g/mol. The molecule has 1 aliphatic rings. The van der Waals surface area contributed by atoms with Crippen molar-refractivity contribution in [3.05, 3.63) is 0 Å². The van der Waals surface area contributed by atoms with Crippen LogP contribution in [0, 0.1) is 0 Å². The minimum Gasteiger partial charge on any atom is -0.313 e. The van der Waals surface area contributed by atoms with Crippen molar-refractivity contribution in [2.75, 3.05) is 18.8 Å². The van der Waals surface area contributed by atoms with Gasteiger partial charge in [-0.15, -0.1) is 12.4 Å². The molecule has 86 valence electrons. The Labute approximate surface area is 92.3 Å². The van der Waals surface area contributed by atoms with Crippen LogP contribution in [0.4, 0.5) is 0 Å². The monoisotopic (exact) mass is 242 g/mol. The van der Waals surface area contributed by atoms with Gasteiger partial charge in [0.2, 0.25) is 10.0 Å². The summed E-state index contributed by atoms with van der Waals surface area (Å²) in [6, 6.07) is 0.339. The third kappa shape index (κ3) is 5.14. The Morgan fingerprint density at radius 1 is 1.50 bits per heavy atom. The average Bonchev–Trinajstić information content (AvgIpc) is 2.52. The molecule has 0 aromatic heterocycles. The number of hydrogen-bond donors (Lipinski definition) is 2. The highest BCUT2D eigenvalue weighted by molar-refractivity contribution is 7.89. The van der Waals surface area contributed by atoms with Crippen LogP contribution in [0.2, 0.25) is 0 Å². The third-order valence-electron chi connectivity index (χ3n) is 2.18. The molecule has 0 aromatic carbocycles. The first-order chi connectivity index (χ1) is 6.14. The van der Waals surface area contributed by atoms with Gasteiger partial charge in [0.1, 0.15) is 0 Å². The fourth-order valence-corrected chi connectivity index (χ4v) is 2.64. The van der Waals surface area contributed by atoms with Gasteiger partial charge in [0.15, 0.2) is 0 Å². The van der Waals surface area contributed by atoms with Crippen molar-refractivity contribution in [2.24, 2.45) is 0 Å². The quantitative estimate of drug-likeness (QED) is 0.738. The van der Waals surface area contributed by atoms with Crippen LogP contribution in [0.1, 0.15) is 26.2 Å². The molecule has 0 saturated carbocycles. The minimum atomic E-state index is -3.01. The summed E-state index contributed by atoms with van der Waals surface area (Å²) in [5.41, 5.74) is 0. The van der Waals surface area contributed by atoms with Gasteiger partial charge < -0.3 is 5.32 Å². The van der Waals surface area contributed by atoms with E-state index in [1.165, 1.54) is 0 Å². The van der Waals surface area contributed by atoms with E-state index in [1.54, 1.807) is 0 Å². The summed E-state index contributed by atoms with van der Waals surface area (Å²) in [7, 11) is -3.01. The van der Waals surface area contributed by atoms with Crippen LogP contribution in [-0.4, -0.2) is 33.3 Å². The molecule has 2 N–H and O–H groups in total. The second-order valence-electron chi connectivity index (χ2n) is 3.46. The van der Waals surface area contributed by atoms with Gasteiger partial charge in [-0.25, -0.2) is 13.1 Å². The number of nitrogens with one attached hydrogen (secondary N) is 2. The Bertz CT molecular complexity index is 238. The van der Waals surface area contributed by atoms with Gasteiger partial charge in [0, 0.05) is 12.6 Å². The highest BCUT2D eigenvalue weighted by atomic mass is 35.5. The molecule has 1 atom stereocenters. The highest BCUT2D eigenvalue weighted by Gasteiger charge is 2.16. The molecule has 0 aliphatic carbocycles. The third-order valence-corrected chi connectivity index (χ3v) is 3.74. The largest absolute Gasteiger partial charge is 0.313 e. The van der Waals surface area contributed by atoms with E-state index < -0.39 is 10.0 Å². The van der Waals surface area contributed by atoms with Crippen molar-refractivity contribution in [3.8, 4) is 0 Å². The van der Waals surface area contributed by atoms with E-state index in [-0.39, 0.29) is 18.2 Å². The maximum Gasteiger partial charge on any atom is 0.211 e. The second-order valence-corrected chi connectivity index (χ2v) is 5.39. The molecule has 4 nitrogen and oxygen atoms in total. The lowest BCUT2D eigenvalue weighted by Crippen LogP contribution is -2.38. The zero-order valence-corrected chi connectivity index (χ0v) is 10.1. The lowest BCUT2D eigenvalue weighted by atomic mass is 10.2. The zero-order valence-electron chi connectivity index (χ0n) is 8.45. The highest BCUT2D eigenvalue weighted by Crippen LogP contribution is 2.03. The van der Waals surface area contributed by atoms with Crippen LogP contribution in [0.5, 0.6) is 0 Å². The minimum absolute atomic E-state index is 0. The fraction of sp³-hybridized carbons (Fsp3) is 1.00. The Kier molecular flexibility index (Phi) is 6.68. The first-order valence-corrected chi connectivity index (χ1v) is 6.50.